The van der Waals surface area contributed by atoms with Gasteiger partial charge in [0.05, 0.1) is 11.4 Å². The number of aromatic nitrogens is 1. The zero-order valence-electron chi connectivity index (χ0n) is 16.3. The van der Waals surface area contributed by atoms with Crippen LogP contribution in [-0.4, -0.2) is 36.2 Å². The molecule has 1 saturated heterocycles. The van der Waals surface area contributed by atoms with Crippen molar-refractivity contribution >= 4 is 15.8 Å². The van der Waals surface area contributed by atoms with Crippen LogP contribution in [0.1, 0.15) is 54.9 Å². The number of hydrogen-bond donors (Lipinski definition) is 0. The van der Waals surface area contributed by atoms with Gasteiger partial charge in [-0.3, -0.25) is 9.59 Å². The monoisotopic (exact) mass is 402 g/mol. The van der Waals surface area contributed by atoms with E-state index in [2.05, 4.69) is 13.8 Å². The van der Waals surface area contributed by atoms with Gasteiger partial charge in [0.2, 0.25) is 10.0 Å². The van der Waals surface area contributed by atoms with Gasteiger partial charge in [-0.1, -0.05) is 38.1 Å². The van der Waals surface area contributed by atoms with Crippen molar-refractivity contribution < 1.29 is 13.2 Å². The molecule has 1 aromatic carbocycles. The number of carbonyl (C=O) groups is 1. The summed E-state index contributed by atoms with van der Waals surface area (Å²) in [7, 11) is -3.63. The number of pyridine rings is 1. The Bertz CT molecular complexity index is 1000. The van der Waals surface area contributed by atoms with Crippen molar-refractivity contribution in [2.45, 2.75) is 50.5 Å². The third-order valence-corrected chi connectivity index (χ3v) is 7.27. The van der Waals surface area contributed by atoms with Gasteiger partial charge in [-0.05, 0) is 36.8 Å². The molecule has 28 heavy (non-hydrogen) atoms. The van der Waals surface area contributed by atoms with Crippen LogP contribution >= 0.6 is 0 Å². The lowest BCUT2D eigenvalue weighted by molar-refractivity contribution is 0.0970. The summed E-state index contributed by atoms with van der Waals surface area (Å²) in [6.07, 6.45) is 3.97. The summed E-state index contributed by atoms with van der Waals surface area (Å²) in [5, 5.41) is 0. The van der Waals surface area contributed by atoms with Crippen molar-refractivity contribution in [3.63, 3.8) is 0 Å². The van der Waals surface area contributed by atoms with E-state index in [9.17, 15) is 18.0 Å². The molecule has 1 unspecified atom stereocenters. The van der Waals surface area contributed by atoms with E-state index in [4.69, 9.17) is 0 Å². The molecule has 0 N–H and O–H groups in total. The molecule has 0 spiro atoms. The Morgan fingerprint density at radius 2 is 1.71 bits per heavy atom. The molecule has 7 heteroatoms. The number of carbonyl (C=O) groups excluding carboxylic acids is 1. The molecule has 3 rings (SSSR count). The molecule has 2 aromatic rings. The van der Waals surface area contributed by atoms with E-state index >= 15 is 0 Å². The molecule has 2 heterocycles. The van der Waals surface area contributed by atoms with Crippen LogP contribution in [0.25, 0.3) is 0 Å². The van der Waals surface area contributed by atoms with Crippen molar-refractivity contribution in [2.24, 2.45) is 0 Å². The minimum atomic E-state index is -3.63. The lowest BCUT2D eigenvalue weighted by atomic mass is 9.97. The first-order valence-corrected chi connectivity index (χ1v) is 11.1. The second kappa shape index (κ2) is 8.41. The Labute approximate surface area is 165 Å². The fourth-order valence-corrected chi connectivity index (χ4v) is 4.88. The largest absolute Gasteiger partial charge is 0.306 e. The summed E-state index contributed by atoms with van der Waals surface area (Å²) in [6, 6.07) is 9.91. The molecular formula is C21H26N2O4S. The first-order valence-electron chi connectivity index (χ1n) is 9.66. The lowest BCUT2D eigenvalue weighted by Crippen LogP contribution is -2.30. The average Bonchev–Trinajstić information content (AvgIpc) is 3.24. The quantitative estimate of drug-likeness (QED) is 0.667. The van der Waals surface area contributed by atoms with Gasteiger partial charge in [0.25, 0.3) is 5.56 Å². The van der Waals surface area contributed by atoms with E-state index in [0.717, 1.165) is 24.8 Å². The van der Waals surface area contributed by atoms with Crippen LogP contribution in [0.15, 0.2) is 52.3 Å². The molecule has 0 bridgehead atoms. The highest BCUT2D eigenvalue weighted by Gasteiger charge is 2.27. The Morgan fingerprint density at radius 3 is 2.32 bits per heavy atom. The maximum absolute atomic E-state index is 12.7. The highest BCUT2D eigenvalue weighted by atomic mass is 32.2. The predicted octanol–water partition coefficient (Wildman–Crippen LogP) is 3.03. The number of benzene rings is 1. The first kappa shape index (κ1) is 20.5. The second-order valence-corrected chi connectivity index (χ2v) is 9.23. The maximum Gasteiger partial charge on any atom is 0.251 e. The van der Waals surface area contributed by atoms with Crippen LogP contribution in [0.3, 0.4) is 0 Å². The van der Waals surface area contributed by atoms with E-state index in [1.54, 1.807) is 12.1 Å². The van der Waals surface area contributed by atoms with Gasteiger partial charge >= 0.3 is 0 Å². The number of hydrogen-bond acceptors (Lipinski definition) is 4. The fourth-order valence-electron chi connectivity index (χ4n) is 3.34. The zero-order valence-corrected chi connectivity index (χ0v) is 17.1. The highest BCUT2D eigenvalue weighted by Crippen LogP contribution is 2.21. The standard InChI is InChI=1S/C21H26N2O4S/c1-3-16(2)17-6-8-18(9-7-17)20(24)15-22-14-19(10-11-21(22)25)28(26,27)23-12-4-5-13-23/h6-11,14,16H,3-5,12-13,15H2,1-2H3. The normalized spacial score (nSPS) is 16.2. The van der Waals surface area contributed by atoms with Gasteiger partial charge < -0.3 is 4.57 Å². The van der Waals surface area contributed by atoms with E-state index in [1.807, 2.05) is 12.1 Å². The Kier molecular flexibility index (Phi) is 6.15. The molecule has 1 aromatic heterocycles. The van der Waals surface area contributed by atoms with Crippen LogP contribution in [0.5, 0.6) is 0 Å². The van der Waals surface area contributed by atoms with Crippen molar-refractivity contribution in [3.05, 3.63) is 64.1 Å². The predicted molar refractivity (Wildman–Crippen MR) is 108 cm³/mol. The number of rotatable bonds is 7. The third kappa shape index (κ3) is 4.25. The summed E-state index contributed by atoms with van der Waals surface area (Å²) in [4.78, 5) is 24.8. The molecular weight excluding hydrogens is 376 g/mol. The topological polar surface area (TPSA) is 76.5 Å². The second-order valence-electron chi connectivity index (χ2n) is 7.30. The van der Waals surface area contributed by atoms with Gasteiger partial charge in [0.15, 0.2) is 5.78 Å². The van der Waals surface area contributed by atoms with Gasteiger partial charge in [-0.15, -0.1) is 0 Å². The molecule has 150 valence electrons. The van der Waals surface area contributed by atoms with Crippen molar-refractivity contribution in [1.82, 2.24) is 8.87 Å². The summed E-state index contributed by atoms with van der Waals surface area (Å²) in [5.74, 6) is 0.188. The third-order valence-electron chi connectivity index (χ3n) is 5.39. The van der Waals surface area contributed by atoms with Crippen LogP contribution in [-0.2, 0) is 16.6 Å². The molecule has 1 aliphatic rings. The molecule has 6 nitrogen and oxygen atoms in total. The van der Waals surface area contributed by atoms with Gasteiger partial charge in [0.1, 0.15) is 0 Å². The molecule has 0 saturated carbocycles. The van der Waals surface area contributed by atoms with Crippen molar-refractivity contribution in [1.29, 1.82) is 0 Å². The number of Topliss-reactive ketones (excluding diaryl/α,β-unsaturated/α-hetero) is 1. The van der Waals surface area contributed by atoms with Crippen LogP contribution in [0.4, 0.5) is 0 Å². The van der Waals surface area contributed by atoms with Crippen LogP contribution in [0, 0.1) is 0 Å². The Hall–Kier alpha value is -2.25. The summed E-state index contributed by atoms with van der Waals surface area (Å²) in [6.45, 7) is 5.03. The number of nitrogens with zero attached hydrogens (tertiary/aromatic N) is 2. The number of sulfonamides is 1. The van der Waals surface area contributed by atoms with Crippen LogP contribution in [0.2, 0.25) is 0 Å². The van der Waals surface area contributed by atoms with E-state index in [0.29, 0.717) is 24.6 Å². The SMILES string of the molecule is CCC(C)c1ccc(C(=O)Cn2cc(S(=O)(=O)N3CCCC3)ccc2=O)cc1. The Morgan fingerprint density at radius 1 is 1.07 bits per heavy atom. The first-order chi connectivity index (χ1) is 13.3. The van der Waals surface area contributed by atoms with E-state index in [-0.39, 0.29) is 17.2 Å². The van der Waals surface area contributed by atoms with E-state index in [1.165, 1.54) is 27.2 Å². The molecule has 0 amide bonds. The van der Waals surface area contributed by atoms with Gasteiger partial charge in [-0.2, -0.15) is 4.31 Å². The van der Waals surface area contributed by atoms with Gasteiger partial charge in [-0.25, -0.2) is 8.42 Å². The highest BCUT2D eigenvalue weighted by molar-refractivity contribution is 7.89. The minimum Gasteiger partial charge on any atom is -0.306 e. The van der Waals surface area contributed by atoms with Gasteiger partial charge in [0, 0.05) is 30.9 Å². The van der Waals surface area contributed by atoms with Crippen molar-refractivity contribution in [3.8, 4) is 0 Å². The lowest BCUT2D eigenvalue weighted by Gasteiger charge is -2.16. The maximum atomic E-state index is 12.7. The molecule has 0 radical (unpaired) electrons. The molecule has 1 fully saturated rings. The fraction of sp³-hybridized carbons (Fsp3) is 0.429. The Balaban J connectivity index is 1.82. The number of ketones is 1. The zero-order chi connectivity index (χ0) is 20.3. The van der Waals surface area contributed by atoms with Crippen molar-refractivity contribution in [2.75, 3.05) is 13.1 Å². The minimum absolute atomic E-state index is 0.0499. The molecule has 1 aliphatic heterocycles. The summed E-state index contributed by atoms with van der Waals surface area (Å²) in [5.41, 5.74) is 1.27. The molecule has 0 aliphatic carbocycles. The summed E-state index contributed by atoms with van der Waals surface area (Å²) >= 11 is 0. The average molecular weight is 403 g/mol. The smallest absolute Gasteiger partial charge is 0.251 e. The molecule has 1 atom stereocenters. The summed E-state index contributed by atoms with van der Waals surface area (Å²) < 4.78 is 28.0. The van der Waals surface area contributed by atoms with E-state index < -0.39 is 15.6 Å². The van der Waals surface area contributed by atoms with Crippen LogP contribution < -0.4 is 5.56 Å².